The van der Waals surface area contributed by atoms with Crippen LogP contribution in [0.25, 0.3) is 11.3 Å². The van der Waals surface area contributed by atoms with Crippen molar-refractivity contribution in [3.63, 3.8) is 0 Å². The molecule has 2 saturated heterocycles. The molecule has 0 saturated carbocycles. The molecule has 0 unspecified atom stereocenters. The van der Waals surface area contributed by atoms with Crippen molar-refractivity contribution in [2.24, 2.45) is 0 Å². The van der Waals surface area contributed by atoms with Gasteiger partial charge in [-0.1, -0.05) is 17.7 Å². The number of carbonyl (C=O) groups is 3. The molecule has 4 rings (SSSR count). The highest BCUT2D eigenvalue weighted by molar-refractivity contribution is 8.01. The Balaban J connectivity index is 1.62. The predicted octanol–water partition coefficient (Wildman–Crippen LogP) is 3.16. The lowest BCUT2D eigenvalue weighted by molar-refractivity contribution is -0.159. The number of aromatic nitrogens is 1. The maximum Gasteiger partial charge on any atom is 0.327 e. The number of thioether (sulfide) groups is 1. The first kappa shape index (κ1) is 21.1. The Labute approximate surface area is 184 Å². The summed E-state index contributed by atoms with van der Waals surface area (Å²) >= 11 is 8.50. The number of nitrogens with one attached hydrogen (secondary N) is 1. The van der Waals surface area contributed by atoms with E-state index in [-0.39, 0.29) is 21.8 Å². The lowest BCUT2D eigenvalue weighted by Crippen LogP contribution is -2.70. The van der Waals surface area contributed by atoms with Crippen LogP contribution in [0.3, 0.4) is 0 Å². The summed E-state index contributed by atoms with van der Waals surface area (Å²) in [7, 11) is 0. The van der Waals surface area contributed by atoms with Crippen molar-refractivity contribution in [1.82, 2.24) is 14.6 Å². The van der Waals surface area contributed by atoms with Crippen molar-refractivity contribution in [2.75, 3.05) is 0 Å². The van der Waals surface area contributed by atoms with Gasteiger partial charge in [0.2, 0.25) is 5.91 Å². The first-order valence-electron chi connectivity index (χ1n) is 8.99. The molecule has 1 aromatic carbocycles. The van der Waals surface area contributed by atoms with Gasteiger partial charge in [-0.2, -0.15) is 4.37 Å². The summed E-state index contributed by atoms with van der Waals surface area (Å²) in [5.74, 6) is -2.72. The molecular formula is C19H17ClFN3O4S2. The van der Waals surface area contributed by atoms with Crippen molar-refractivity contribution in [2.45, 2.75) is 43.0 Å². The SMILES string of the molecule is Cc1snc(-c2c(F)cccc2Cl)c1C(=O)N[C@@H]1C(=O)N2[C@@H]1SC(C)(C)[C@@H]2C(=O)O. The van der Waals surface area contributed by atoms with Crippen LogP contribution in [0.1, 0.15) is 29.1 Å². The van der Waals surface area contributed by atoms with Gasteiger partial charge in [0, 0.05) is 9.62 Å². The largest absolute Gasteiger partial charge is 0.480 e. The van der Waals surface area contributed by atoms with Crippen molar-refractivity contribution in [3.8, 4) is 11.3 Å². The van der Waals surface area contributed by atoms with E-state index in [2.05, 4.69) is 9.69 Å². The fourth-order valence-corrected chi connectivity index (χ4v) is 6.46. The van der Waals surface area contributed by atoms with Gasteiger partial charge in [-0.25, -0.2) is 9.18 Å². The molecule has 0 bridgehead atoms. The van der Waals surface area contributed by atoms with Gasteiger partial charge in [-0.05, 0) is 44.4 Å². The molecular weight excluding hydrogens is 453 g/mol. The number of nitrogens with zero attached hydrogens (tertiary/aromatic N) is 2. The quantitative estimate of drug-likeness (QED) is 0.667. The van der Waals surface area contributed by atoms with Crippen LogP contribution in [-0.4, -0.2) is 54.4 Å². The van der Waals surface area contributed by atoms with E-state index in [9.17, 15) is 23.9 Å². The molecule has 3 heterocycles. The second-order valence-electron chi connectivity index (χ2n) is 7.61. The molecule has 11 heteroatoms. The minimum atomic E-state index is -1.08. The van der Waals surface area contributed by atoms with E-state index >= 15 is 0 Å². The van der Waals surface area contributed by atoms with Gasteiger partial charge in [-0.3, -0.25) is 9.59 Å². The predicted molar refractivity (Wildman–Crippen MR) is 112 cm³/mol. The second kappa shape index (κ2) is 7.21. The zero-order valence-electron chi connectivity index (χ0n) is 16.1. The van der Waals surface area contributed by atoms with E-state index in [1.807, 2.05) is 0 Å². The first-order valence-corrected chi connectivity index (χ1v) is 11.0. The zero-order valence-corrected chi connectivity index (χ0v) is 18.5. The molecule has 0 aliphatic carbocycles. The molecule has 3 atom stereocenters. The molecule has 2 aromatic rings. The minimum Gasteiger partial charge on any atom is -0.480 e. The van der Waals surface area contributed by atoms with E-state index in [1.54, 1.807) is 20.8 Å². The summed E-state index contributed by atoms with van der Waals surface area (Å²) in [6.45, 7) is 5.19. The summed E-state index contributed by atoms with van der Waals surface area (Å²) in [5, 5.41) is 11.8. The Morgan fingerprint density at radius 2 is 2.07 bits per heavy atom. The maximum absolute atomic E-state index is 14.4. The lowest BCUT2D eigenvalue weighted by Gasteiger charge is -2.43. The molecule has 2 fully saturated rings. The third kappa shape index (κ3) is 3.09. The van der Waals surface area contributed by atoms with Crippen molar-refractivity contribution in [3.05, 3.63) is 39.5 Å². The number of aryl methyl sites for hydroxylation is 1. The van der Waals surface area contributed by atoms with Crippen molar-refractivity contribution < 1.29 is 23.9 Å². The third-order valence-electron chi connectivity index (χ3n) is 5.25. The number of amides is 2. The first-order chi connectivity index (χ1) is 14.0. The van der Waals surface area contributed by atoms with Crippen LogP contribution in [0.5, 0.6) is 0 Å². The molecule has 30 heavy (non-hydrogen) atoms. The lowest BCUT2D eigenvalue weighted by atomic mass is 9.95. The monoisotopic (exact) mass is 469 g/mol. The average Bonchev–Trinajstić information content (AvgIpc) is 3.14. The summed E-state index contributed by atoms with van der Waals surface area (Å²) in [5.41, 5.74) is 0.289. The van der Waals surface area contributed by atoms with Gasteiger partial charge < -0.3 is 15.3 Å². The Hall–Kier alpha value is -2.17. The van der Waals surface area contributed by atoms with Crippen LogP contribution in [0.2, 0.25) is 5.02 Å². The van der Waals surface area contributed by atoms with Crippen LogP contribution in [0, 0.1) is 12.7 Å². The van der Waals surface area contributed by atoms with E-state index in [4.69, 9.17) is 11.6 Å². The molecule has 2 aliphatic heterocycles. The normalized spacial score (nSPS) is 24.4. The number of hydrogen-bond donors (Lipinski definition) is 2. The number of rotatable bonds is 4. The zero-order chi connectivity index (χ0) is 22.0. The van der Waals surface area contributed by atoms with Gasteiger partial charge in [0.15, 0.2) is 0 Å². The molecule has 2 N–H and O–H groups in total. The number of carboxylic acids is 1. The van der Waals surface area contributed by atoms with Crippen LogP contribution in [-0.2, 0) is 9.59 Å². The average molecular weight is 470 g/mol. The highest BCUT2D eigenvalue weighted by atomic mass is 35.5. The smallest absolute Gasteiger partial charge is 0.327 e. The molecule has 0 radical (unpaired) electrons. The molecule has 0 spiro atoms. The van der Waals surface area contributed by atoms with Crippen LogP contribution in [0.4, 0.5) is 4.39 Å². The summed E-state index contributed by atoms with van der Waals surface area (Å²) in [6.07, 6.45) is 0. The molecule has 1 aromatic heterocycles. The number of hydrogen-bond acceptors (Lipinski definition) is 6. The maximum atomic E-state index is 14.4. The topological polar surface area (TPSA) is 99.6 Å². The highest BCUT2D eigenvalue weighted by Gasteiger charge is 2.64. The van der Waals surface area contributed by atoms with E-state index < -0.39 is 45.8 Å². The van der Waals surface area contributed by atoms with Crippen molar-refractivity contribution >= 4 is 52.7 Å². The number of halogens is 2. The van der Waals surface area contributed by atoms with E-state index in [0.717, 1.165) is 11.5 Å². The summed E-state index contributed by atoms with van der Waals surface area (Å²) in [4.78, 5) is 39.2. The van der Waals surface area contributed by atoms with E-state index in [0.29, 0.717) is 4.88 Å². The Morgan fingerprint density at radius 3 is 2.70 bits per heavy atom. The fraction of sp³-hybridized carbons (Fsp3) is 0.368. The van der Waals surface area contributed by atoms with Gasteiger partial charge in [0.1, 0.15) is 29.0 Å². The number of benzene rings is 1. The minimum absolute atomic E-state index is 0.0255. The Morgan fingerprint density at radius 1 is 1.37 bits per heavy atom. The van der Waals surface area contributed by atoms with Crippen LogP contribution in [0.15, 0.2) is 18.2 Å². The molecule has 2 amide bonds. The van der Waals surface area contributed by atoms with Gasteiger partial charge in [0.25, 0.3) is 5.91 Å². The number of β-lactam (4-membered cyclic amide) rings is 1. The number of aliphatic carboxylic acids is 1. The van der Waals surface area contributed by atoms with Gasteiger partial charge in [0.05, 0.1) is 16.1 Å². The molecule has 2 aliphatic rings. The third-order valence-corrected chi connectivity index (χ3v) is 7.89. The molecule has 7 nitrogen and oxygen atoms in total. The number of carboxylic acid groups (broad SMARTS) is 1. The number of fused-ring (bicyclic) bond motifs is 1. The number of carbonyl (C=O) groups excluding carboxylic acids is 2. The van der Waals surface area contributed by atoms with Gasteiger partial charge in [-0.15, -0.1) is 11.8 Å². The highest BCUT2D eigenvalue weighted by Crippen LogP contribution is 2.51. The van der Waals surface area contributed by atoms with Crippen molar-refractivity contribution in [1.29, 1.82) is 0 Å². The fourth-order valence-electron chi connectivity index (χ4n) is 3.89. The van der Waals surface area contributed by atoms with E-state index in [1.165, 1.54) is 34.9 Å². The standard InChI is InChI=1S/C19H17ClFN3O4S2/c1-7-10(12(23-30-7)11-8(20)5-4-6-9(11)21)15(25)22-13-16(26)24-14(18(27)28)19(2,3)29-17(13)24/h4-6,13-14,17H,1-3H3,(H,22,25)(H,27,28)/t13-,14+,17-/m1/s1. The Kier molecular flexibility index (Phi) is 5.06. The van der Waals surface area contributed by atoms with Crippen LogP contribution >= 0.6 is 34.9 Å². The molecule has 158 valence electrons. The van der Waals surface area contributed by atoms with Crippen LogP contribution < -0.4 is 5.32 Å². The second-order valence-corrected chi connectivity index (χ2v) is 10.8. The Bertz CT molecular complexity index is 1070. The summed E-state index contributed by atoms with van der Waals surface area (Å²) < 4.78 is 17.9. The summed E-state index contributed by atoms with van der Waals surface area (Å²) in [6, 6.07) is 2.36. The van der Waals surface area contributed by atoms with Gasteiger partial charge >= 0.3 is 5.97 Å².